The van der Waals surface area contributed by atoms with Gasteiger partial charge in [0.1, 0.15) is 11.7 Å². The molecule has 0 fully saturated rings. The summed E-state index contributed by atoms with van der Waals surface area (Å²) in [4.78, 5) is 41.3. The molecule has 0 bridgehead atoms. The van der Waals surface area contributed by atoms with Crippen LogP contribution in [0, 0.1) is 0 Å². The van der Waals surface area contributed by atoms with Gasteiger partial charge in [0, 0.05) is 12.6 Å². The largest absolute Gasteiger partial charge is 0.363 e. The van der Waals surface area contributed by atoms with Crippen LogP contribution in [0.25, 0.3) is 16.6 Å². The molecule has 154 valence electrons. The lowest BCUT2D eigenvalue weighted by atomic mass is 9.96. The summed E-state index contributed by atoms with van der Waals surface area (Å²) in [7, 11) is 0. The Morgan fingerprint density at radius 3 is 2.48 bits per heavy atom. The van der Waals surface area contributed by atoms with Crippen molar-refractivity contribution in [3.63, 3.8) is 0 Å². The van der Waals surface area contributed by atoms with Crippen molar-refractivity contribution >= 4 is 28.4 Å². The molecule has 8 nitrogen and oxygen atoms in total. The van der Waals surface area contributed by atoms with E-state index >= 15 is 0 Å². The second kappa shape index (κ2) is 8.58. The third-order valence-electron chi connectivity index (χ3n) is 4.91. The number of ketones is 1. The van der Waals surface area contributed by atoms with Crippen LogP contribution in [0.15, 0.2) is 79.1 Å². The van der Waals surface area contributed by atoms with Crippen LogP contribution in [0.3, 0.4) is 0 Å². The number of primary amides is 1. The van der Waals surface area contributed by atoms with Crippen LogP contribution in [-0.4, -0.2) is 38.4 Å². The molecule has 1 unspecified atom stereocenters. The highest BCUT2D eigenvalue weighted by Crippen LogP contribution is 2.20. The Kier molecular flexibility index (Phi) is 5.53. The zero-order valence-corrected chi connectivity index (χ0v) is 16.4. The van der Waals surface area contributed by atoms with Crippen LogP contribution < -0.4 is 11.1 Å². The SMILES string of the molecule is NC(=O)C(=O)C(Cc1cccc2ccccc12)NC(=O)c1ccnn1-c1ccccn1. The van der Waals surface area contributed by atoms with Crippen molar-refractivity contribution < 1.29 is 14.4 Å². The van der Waals surface area contributed by atoms with Crippen molar-refractivity contribution in [3.8, 4) is 5.82 Å². The second-order valence-corrected chi connectivity index (χ2v) is 6.91. The fourth-order valence-electron chi connectivity index (χ4n) is 3.44. The van der Waals surface area contributed by atoms with Crippen molar-refractivity contribution in [3.05, 3.63) is 90.4 Å². The number of aromatic nitrogens is 3. The standard InChI is InChI=1S/C23H19N5O3/c24-22(30)21(29)18(14-16-8-5-7-15-6-1-2-9-17(15)16)27-23(31)19-11-13-26-28(19)20-10-3-4-12-25-20/h1-13,18H,14H2,(H2,24,30)(H,27,31). The van der Waals surface area contributed by atoms with Crippen LogP contribution in [0.2, 0.25) is 0 Å². The topological polar surface area (TPSA) is 120 Å². The first kappa shape index (κ1) is 20.0. The van der Waals surface area contributed by atoms with E-state index in [0.717, 1.165) is 16.3 Å². The summed E-state index contributed by atoms with van der Waals surface area (Å²) in [5.41, 5.74) is 6.25. The van der Waals surface area contributed by atoms with Gasteiger partial charge < -0.3 is 11.1 Å². The van der Waals surface area contributed by atoms with Crippen LogP contribution in [-0.2, 0) is 16.0 Å². The molecule has 0 aliphatic rings. The number of nitrogens with zero attached hydrogens (tertiary/aromatic N) is 3. The van der Waals surface area contributed by atoms with Gasteiger partial charge in [-0.15, -0.1) is 0 Å². The fourth-order valence-corrected chi connectivity index (χ4v) is 3.44. The summed E-state index contributed by atoms with van der Waals surface area (Å²) in [6, 6.07) is 19.0. The summed E-state index contributed by atoms with van der Waals surface area (Å²) >= 11 is 0. The Labute approximate surface area is 177 Å². The number of carbonyl (C=O) groups is 3. The average Bonchev–Trinajstić information content (AvgIpc) is 3.29. The van der Waals surface area contributed by atoms with Crippen LogP contribution >= 0.6 is 0 Å². The van der Waals surface area contributed by atoms with E-state index in [-0.39, 0.29) is 12.1 Å². The Bertz CT molecular complexity index is 1260. The highest BCUT2D eigenvalue weighted by atomic mass is 16.2. The Morgan fingerprint density at radius 2 is 1.71 bits per heavy atom. The number of benzene rings is 2. The molecule has 3 N–H and O–H groups in total. The first-order valence-corrected chi connectivity index (χ1v) is 9.61. The van der Waals surface area contributed by atoms with Crippen molar-refractivity contribution in [2.75, 3.05) is 0 Å². The number of pyridine rings is 1. The molecule has 2 heterocycles. The zero-order valence-electron chi connectivity index (χ0n) is 16.4. The molecule has 2 aromatic carbocycles. The molecule has 0 saturated carbocycles. The van der Waals surface area contributed by atoms with E-state index in [1.54, 1.807) is 24.4 Å². The quantitative estimate of drug-likeness (QED) is 0.448. The molecule has 4 aromatic rings. The van der Waals surface area contributed by atoms with Gasteiger partial charge >= 0.3 is 0 Å². The number of carbonyl (C=O) groups excluding carboxylic acids is 3. The van der Waals surface area contributed by atoms with Gasteiger partial charge in [-0.3, -0.25) is 14.4 Å². The van der Waals surface area contributed by atoms with E-state index in [1.165, 1.54) is 16.9 Å². The number of nitrogens with two attached hydrogens (primary N) is 1. The van der Waals surface area contributed by atoms with Gasteiger partial charge in [-0.1, -0.05) is 48.5 Å². The van der Waals surface area contributed by atoms with Crippen LogP contribution in [0.1, 0.15) is 16.1 Å². The van der Waals surface area contributed by atoms with Crippen LogP contribution in [0.4, 0.5) is 0 Å². The van der Waals surface area contributed by atoms with Gasteiger partial charge in [0.25, 0.3) is 11.8 Å². The molecule has 0 saturated heterocycles. The first-order valence-electron chi connectivity index (χ1n) is 9.61. The molecule has 0 aliphatic heterocycles. The van der Waals surface area contributed by atoms with Crippen molar-refractivity contribution in [2.45, 2.75) is 12.5 Å². The number of nitrogens with one attached hydrogen (secondary N) is 1. The van der Waals surface area contributed by atoms with E-state index in [1.807, 2.05) is 42.5 Å². The number of fused-ring (bicyclic) bond motifs is 1. The molecule has 0 spiro atoms. The molecule has 0 aliphatic carbocycles. The van der Waals surface area contributed by atoms with Gasteiger partial charge in [-0.2, -0.15) is 5.10 Å². The van der Waals surface area contributed by atoms with Gasteiger partial charge in [-0.25, -0.2) is 9.67 Å². The minimum Gasteiger partial charge on any atom is -0.363 e. The maximum absolute atomic E-state index is 13.0. The third kappa shape index (κ3) is 4.18. The van der Waals surface area contributed by atoms with Gasteiger partial charge in [0.2, 0.25) is 5.78 Å². The maximum Gasteiger partial charge on any atom is 0.287 e. The summed E-state index contributed by atoms with van der Waals surface area (Å²) < 4.78 is 1.36. The molecular weight excluding hydrogens is 394 g/mol. The minimum absolute atomic E-state index is 0.118. The molecule has 2 aromatic heterocycles. The number of hydrogen-bond acceptors (Lipinski definition) is 5. The molecule has 2 amide bonds. The Morgan fingerprint density at radius 1 is 0.935 bits per heavy atom. The Hall–Kier alpha value is -4.33. The predicted molar refractivity (Wildman–Crippen MR) is 114 cm³/mol. The second-order valence-electron chi connectivity index (χ2n) is 6.91. The van der Waals surface area contributed by atoms with E-state index in [2.05, 4.69) is 15.4 Å². The molecule has 1 atom stereocenters. The number of amides is 2. The smallest absolute Gasteiger partial charge is 0.287 e. The third-order valence-corrected chi connectivity index (χ3v) is 4.91. The van der Waals surface area contributed by atoms with E-state index in [0.29, 0.717) is 5.82 Å². The van der Waals surface area contributed by atoms with E-state index in [4.69, 9.17) is 5.73 Å². The lowest BCUT2D eigenvalue weighted by molar-refractivity contribution is -0.137. The minimum atomic E-state index is -1.12. The number of rotatable bonds is 7. The molecule has 4 rings (SSSR count). The zero-order chi connectivity index (χ0) is 21.8. The van der Waals surface area contributed by atoms with Gasteiger partial charge in [0.15, 0.2) is 5.82 Å². The van der Waals surface area contributed by atoms with E-state index in [9.17, 15) is 14.4 Å². The lowest BCUT2D eigenvalue weighted by Crippen LogP contribution is -2.47. The summed E-state index contributed by atoms with van der Waals surface area (Å²) in [5.74, 6) is -2.10. The fraction of sp³-hybridized carbons (Fsp3) is 0.0870. The monoisotopic (exact) mass is 413 g/mol. The van der Waals surface area contributed by atoms with E-state index < -0.39 is 23.6 Å². The summed E-state index contributed by atoms with van der Waals surface area (Å²) in [6.45, 7) is 0. The van der Waals surface area contributed by atoms with Gasteiger partial charge in [0.05, 0.1) is 6.20 Å². The normalized spacial score (nSPS) is 11.7. The Balaban J connectivity index is 1.64. The molecule has 0 radical (unpaired) electrons. The van der Waals surface area contributed by atoms with Crippen molar-refractivity contribution in [2.24, 2.45) is 5.73 Å². The average molecular weight is 413 g/mol. The number of hydrogen-bond donors (Lipinski definition) is 2. The molecule has 31 heavy (non-hydrogen) atoms. The maximum atomic E-state index is 13.0. The summed E-state index contributed by atoms with van der Waals surface area (Å²) in [5, 5.41) is 8.70. The highest BCUT2D eigenvalue weighted by molar-refractivity contribution is 6.38. The van der Waals surface area contributed by atoms with Gasteiger partial charge in [-0.05, 0) is 34.5 Å². The summed E-state index contributed by atoms with van der Waals surface area (Å²) in [6.07, 6.45) is 3.16. The van der Waals surface area contributed by atoms with Crippen molar-refractivity contribution in [1.82, 2.24) is 20.1 Å². The van der Waals surface area contributed by atoms with Crippen LogP contribution in [0.5, 0.6) is 0 Å². The molecular formula is C23H19N5O3. The molecule has 8 heteroatoms. The predicted octanol–water partition coefficient (Wildman–Crippen LogP) is 1.82. The first-order chi connectivity index (χ1) is 15.0. The lowest BCUT2D eigenvalue weighted by Gasteiger charge is -2.18. The highest BCUT2D eigenvalue weighted by Gasteiger charge is 2.27. The number of Topliss-reactive ketones (excluding diaryl/α,β-unsaturated/α-hetero) is 1. The van der Waals surface area contributed by atoms with Crippen molar-refractivity contribution in [1.29, 1.82) is 0 Å².